The van der Waals surface area contributed by atoms with Crippen molar-refractivity contribution >= 4 is 87.8 Å². The molecule has 0 N–H and O–H groups in total. The Hall–Kier alpha value is -14.6. The van der Waals surface area contributed by atoms with Gasteiger partial charge in [0.15, 0.2) is 11.6 Å². The van der Waals surface area contributed by atoms with Crippen LogP contribution in [0.1, 0.15) is 11.1 Å². The Labute approximate surface area is 595 Å². The topological polar surface area (TPSA) is 152 Å². The lowest BCUT2D eigenvalue weighted by Gasteiger charge is -2.14. The molecule has 0 amide bonds. The number of furan rings is 4. The molecule has 20 rings (SSSR count). The number of hydrogen-bond donors (Lipinski definition) is 0. The highest BCUT2D eigenvalue weighted by Gasteiger charge is 2.22. The van der Waals surface area contributed by atoms with Gasteiger partial charge in [0.1, 0.15) is 44.7 Å². The zero-order valence-electron chi connectivity index (χ0n) is 55.5. The Morgan fingerprint density at radius 3 is 0.952 bits per heavy atom. The summed E-state index contributed by atoms with van der Waals surface area (Å²) < 4.78 is 25.4. The number of rotatable bonds is 10. The second-order valence-electron chi connectivity index (χ2n) is 25.7. The Bertz CT molecular complexity index is 6650. The van der Waals surface area contributed by atoms with Gasteiger partial charge in [-0.05, 0) is 143 Å². The molecule has 0 aliphatic rings. The molecule has 0 radical (unpaired) electrons. The fraction of sp³-hybridized carbons (Fsp3) is 0. The van der Waals surface area contributed by atoms with Crippen molar-refractivity contribution in [1.82, 2.24) is 19.9 Å². The standard InChI is InChI=1S/2C47H27N3O2/c48-28-30-14-4-5-15-34(30)42-27-41(29-12-2-1-3-13-29)49-47(50-42)33-25-31(35-18-10-20-39-37-16-6-8-22-43(37)51-45(35)39)24-32(26-33)36-19-11-21-40-38-17-7-9-23-44(38)52-46(36)40;48-28-32-12-4-5-13-36(32)42-27-41(29-10-2-1-3-11-29)49-47(50-42)35-23-33(30-18-20-45-39(25-30)37-14-6-8-16-43(37)51-45)22-34(24-35)31-19-21-46-40(26-31)38-15-7-9-17-44(38)52-46/h2*1-27H. The minimum absolute atomic E-state index is 0.542. The van der Waals surface area contributed by atoms with Crippen LogP contribution in [0.15, 0.2) is 345 Å². The molecular formula is C94H54N6O4. The van der Waals surface area contributed by atoms with Crippen LogP contribution >= 0.6 is 0 Å². The van der Waals surface area contributed by atoms with E-state index in [0.29, 0.717) is 34.2 Å². The maximum atomic E-state index is 10.0. The lowest BCUT2D eigenvalue weighted by Crippen LogP contribution is -1.98. The number of fused-ring (bicyclic) bond motifs is 12. The maximum absolute atomic E-state index is 10.0. The highest BCUT2D eigenvalue weighted by Crippen LogP contribution is 2.44. The second kappa shape index (κ2) is 25.3. The number of nitriles is 2. The fourth-order valence-corrected chi connectivity index (χ4v) is 14.5. The van der Waals surface area contributed by atoms with Crippen LogP contribution in [0.3, 0.4) is 0 Å². The number of aromatic nitrogens is 4. The number of para-hydroxylation sites is 6. The average molecular weight is 1330 g/mol. The van der Waals surface area contributed by atoms with Crippen molar-refractivity contribution in [3.63, 3.8) is 0 Å². The minimum atomic E-state index is 0.542. The lowest BCUT2D eigenvalue weighted by molar-refractivity contribution is 0.668. The van der Waals surface area contributed by atoms with Gasteiger partial charge in [0.05, 0.1) is 46.0 Å². The van der Waals surface area contributed by atoms with Crippen molar-refractivity contribution in [3.8, 4) is 124 Å². The van der Waals surface area contributed by atoms with Gasteiger partial charge in [-0.15, -0.1) is 0 Å². The summed E-state index contributed by atoms with van der Waals surface area (Å²) in [6, 6.07) is 115. The van der Waals surface area contributed by atoms with E-state index in [1.165, 1.54) is 0 Å². The summed E-state index contributed by atoms with van der Waals surface area (Å²) in [5, 5.41) is 28.6. The first kappa shape index (κ1) is 60.6. The smallest absolute Gasteiger partial charge is 0.160 e. The van der Waals surface area contributed by atoms with Crippen molar-refractivity contribution in [2.24, 2.45) is 0 Å². The third kappa shape index (κ3) is 10.8. The molecule has 0 aliphatic carbocycles. The molecule has 14 aromatic carbocycles. The van der Waals surface area contributed by atoms with Crippen molar-refractivity contribution < 1.29 is 17.7 Å². The van der Waals surface area contributed by atoms with Crippen LogP contribution in [0, 0.1) is 22.7 Å². The van der Waals surface area contributed by atoms with E-state index in [1.54, 1.807) is 0 Å². The first-order valence-corrected chi connectivity index (χ1v) is 34.2. The van der Waals surface area contributed by atoms with Crippen LogP contribution in [0.4, 0.5) is 0 Å². The molecule has 0 saturated carbocycles. The molecule has 0 bridgehead atoms. The van der Waals surface area contributed by atoms with Gasteiger partial charge in [-0.2, -0.15) is 10.5 Å². The van der Waals surface area contributed by atoms with E-state index in [1.807, 2.05) is 206 Å². The molecule has 104 heavy (non-hydrogen) atoms. The van der Waals surface area contributed by atoms with Crippen molar-refractivity contribution in [2.75, 3.05) is 0 Å². The van der Waals surface area contributed by atoms with E-state index in [-0.39, 0.29) is 0 Å². The normalized spacial score (nSPS) is 11.4. The molecule has 6 aromatic heterocycles. The van der Waals surface area contributed by atoms with Gasteiger partial charge in [0, 0.05) is 87.6 Å². The Balaban J connectivity index is 0.000000143. The summed E-state index contributed by atoms with van der Waals surface area (Å²) in [6.45, 7) is 0. The third-order valence-electron chi connectivity index (χ3n) is 19.5. The first-order valence-electron chi connectivity index (χ1n) is 34.2. The third-order valence-corrected chi connectivity index (χ3v) is 19.5. The first-order chi connectivity index (χ1) is 51.4. The Morgan fingerprint density at radius 2 is 0.519 bits per heavy atom. The molecular weight excluding hydrogens is 1280 g/mol. The fourth-order valence-electron chi connectivity index (χ4n) is 14.5. The number of benzene rings is 14. The molecule has 10 nitrogen and oxygen atoms in total. The largest absolute Gasteiger partial charge is 0.456 e. The molecule has 10 heteroatoms. The summed E-state index contributed by atoms with van der Waals surface area (Å²) in [5.41, 5.74) is 23.8. The summed E-state index contributed by atoms with van der Waals surface area (Å²) in [5.74, 6) is 1.11. The highest BCUT2D eigenvalue weighted by atomic mass is 16.3. The van der Waals surface area contributed by atoms with Crippen LogP contribution in [0.25, 0.3) is 200 Å². The Kier molecular flexibility index (Phi) is 14.7. The van der Waals surface area contributed by atoms with Gasteiger partial charge in [-0.1, -0.05) is 218 Å². The monoisotopic (exact) mass is 1330 g/mol. The van der Waals surface area contributed by atoms with Gasteiger partial charge < -0.3 is 17.7 Å². The van der Waals surface area contributed by atoms with E-state index in [2.05, 4.69) is 133 Å². The van der Waals surface area contributed by atoms with Crippen LogP contribution < -0.4 is 0 Å². The SMILES string of the molecule is N#Cc1ccccc1-c1cc(-c2ccccc2)nc(-c2cc(-c3ccc4oc5ccccc5c4c3)cc(-c3ccc4oc5ccccc5c4c3)c2)n1.N#Cc1ccccc1-c1cc(-c2ccccc2)nc(-c2cc(-c3cccc4c3oc3ccccc34)cc(-c3cccc4c3oc3ccccc34)c2)n1. The Morgan fingerprint density at radius 1 is 0.202 bits per heavy atom. The van der Waals surface area contributed by atoms with Crippen molar-refractivity contribution in [1.29, 1.82) is 10.5 Å². The molecule has 484 valence electrons. The summed E-state index contributed by atoms with van der Waals surface area (Å²) in [7, 11) is 0. The van der Waals surface area contributed by atoms with Crippen LogP contribution in [0.2, 0.25) is 0 Å². The number of nitrogens with zero attached hydrogens (tertiary/aromatic N) is 6. The lowest BCUT2D eigenvalue weighted by atomic mass is 9.93. The molecule has 0 fully saturated rings. The summed E-state index contributed by atoms with van der Waals surface area (Å²) >= 11 is 0. The molecule has 0 atom stereocenters. The highest BCUT2D eigenvalue weighted by molar-refractivity contribution is 6.13. The summed E-state index contributed by atoms with van der Waals surface area (Å²) in [4.78, 5) is 20.7. The molecule has 20 aromatic rings. The molecule has 0 saturated heterocycles. The van der Waals surface area contributed by atoms with E-state index in [4.69, 9.17) is 37.6 Å². The molecule has 0 unspecified atom stereocenters. The van der Waals surface area contributed by atoms with Crippen molar-refractivity contribution in [2.45, 2.75) is 0 Å². The number of hydrogen-bond acceptors (Lipinski definition) is 10. The van der Waals surface area contributed by atoms with Crippen LogP contribution in [-0.4, -0.2) is 19.9 Å². The molecule has 0 spiro atoms. The minimum Gasteiger partial charge on any atom is -0.456 e. The quantitative estimate of drug-likeness (QED) is 0.129. The van der Waals surface area contributed by atoms with E-state index in [0.717, 1.165) is 177 Å². The second-order valence-corrected chi connectivity index (χ2v) is 25.7. The van der Waals surface area contributed by atoms with Gasteiger partial charge in [0.25, 0.3) is 0 Å². The van der Waals surface area contributed by atoms with E-state index >= 15 is 0 Å². The molecule has 6 heterocycles. The predicted molar refractivity (Wildman–Crippen MR) is 417 cm³/mol. The average Bonchev–Trinajstić information content (AvgIpc) is 1.51. The molecule has 0 aliphatic heterocycles. The van der Waals surface area contributed by atoms with E-state index < -0.39 is 0 Å². The van der Waals surface area contributed by atoms with Crippen LogP contribution in [-0.2, 0) is 0 Å². The summed E-state index contributed by atoms with van der Waals surface area (Å²) in [6.07, 6.45) is 0. The maximum Gasteiger partial charge on any atom is 0.160 e. The van der Waals surface area contributed by atoms with Gasteiger partial charge in [-0.25, -0.2) is 19.9 Å². The van der Waals surface area contributed by atoms with Gasteiger partial charge >= 0.3 is 0 Å². The zero-order valence-corrected chi connectivity index (χ0v) is 55.5. The van der Waals surface area contributed by atoms with Crippen molar-refractivity contribution in [3.05, 3.63) is 339 Å². The van der Waals surface area contributed by atoms with Crippen LogP contribution in [0.5, 0.6) is 0 Å². The van der Waals surface area contributed by atoms with Gasteiger partial charge in [-0.3, -0.25) is 0 Å². The van der Waals surface area contributed by atoms with Gasteiger partial charge in [0.2, 0.25) is 0 Å². The zero-order chi connectivity index (χ0) is 69.2. The predicted octanol–water partition coefficient (Wildman–Crippen LogP) is 25.0. The van der Waals surface area contributed by atoms with E-state index in [9.17, 15) is 10.5 Å².